The van der Waals surface area contributed by atoms with Gasteiger partial charge in [-0.15, -0.1) is 11.3 Å². The van der Waals surface area contributed by atoms with Gasteiger partial charge < -0.3 is 10.4 Å². The maximum atomic E-state index is 8.66. The minimum Gasteiger partial charge on any atom is -0.396 e. The highest BCUT2D eigenvalue weighted by Gasteiger charge is 2.01. The molecule has 0 saturated carbocycles. The van der Waals surface area contributed by atoms with Crippen LogP contribution in [0.5, 0.6) is 0 Å². The zero-order valence-corrected chi connectivity index (χ0v) is 11.2. The molecule has 0 aromatic carbocycles. The zero-order valence-electron chi connectivity index (χ0n) is 9.56. The topological polar surface area (TPSA) is 45.1 Å². The van der Waals surface area contributed by atoms with Gasteiger partial charge in [0.05, 0.1) is 0 Å². The Hall–Kier alpha value is -0.780. The molecule has 0 unspecified atom stereocenters. The third kappa shape index (κ3) is 3.59. The van der Waals surface area contributed by atoms with Crippen molar-refractivity contribution >= 4 is 39.0 Å². The van der Waals surface area contributed by atoms with E-state index in [1.807, 2.05) is 24.0 Å². The fourth-order valence-corrected chi connectivity index (χ4v) is 3.11. The third-order valence-corrected chi connectivity index (χ3v) is 4.32. The van der Waals surface area contributed by atoms with Crippen molar-refractivity contribution in [3.63, 3.8) is 0 Å². The van der Waals surface area contributed by atoms with Gasteiger partial charge in [-0.2, -0.15) is 11.8 Å². The summed E-state index contributed by atoms with van der Waals surface area (Å²) in [5.41, 5.74) is 0. The lowest BCUT2D eigenvalue weighted by molar-refractivity contribution is 0.296. The fraction of sp³-hybridized carbons (Fsp3) is 0.417. The molecule has 0 aliphatic carbocycles. The molecule has 5 heteroatoms. The number of aromatic nitrogens is 1. The van der Waals surface area contributed by atoms with Gasteiger partial charge in [-0.25, -0.2) is 4.98 Å². The summed E-state index contributed by atoms with van der Waals surface area (Å²) in [6.07, 6.45) is 2.73. The Kier molecular flexibility index (Phi) is 5.09. The van der Waals surface area contributed by atoms with E-state index in [0.29, 0.717) is 0 Å². The van der Waals surface area contributed by atoms with Gasteiger partial charge in [0.25, 0.3) is 0 Å². The molecule has 2 aromatic heterocycles. The van der Waals surface area contributed by atoms with E-state index in [9.17, 15) is 0 Å². The maximum absolute atomic E-state index is 8.66. The van der Waals surface area contributed by atoms with Crippen LogP contribution in [0.2, 0.25) is 0 Å². The van der Waals surface area contributed by atoms with Crippen molar-refractivity contribution in [2.75, 3.05) is 30.0 Å². The molecular weight excluding hydrogens is 252 g/mol. The first-order valence-corrected chi connectivity index (χ1v) is 7.70. The van der Waals surface area contributed by atoms with Gasteiger partial charge in [-0.3, -0.25) is 0 Å². The Morgan fingerprint density at radius 3 is 3.18 bits per heavy atom. The van der Waals surface area contributed by atoms with Crippen molar-refractivity contribution in [2.45, 2.75) is 6.42 Å². The SMILES string of the molecule is OCCCSCCNc1nccc2sccc12. The fourth-order valence-electron chi connectivity index (χ4n) is 1.55. The number of nitrogens with one attached hydrogen (secondary N) is 1. The van der Waals surface area contributed by atoms with Crippen molar-refractivity contribution in [2.24, 2.45) is 0 Å². The molecule has 17 heavy (non-hydrogen) atoms. The normalized spacial score (nSPS) is 10.9. The number of aliphatic hydroxyl groups excluding tert-OH is 1. The molecule has 0 bridgehead atoms. The summed E-state index contributed by atoms with van der Waals surface area (Å²) in [4.78, 5) is 4.36. The summed E-state index contributed by atoms with van der Waals surface area (Å²) in [5.74, 6) is 3.04. The van der Waals surface area contributed by atoms with E-state index in [2.05, 4.69) is 21.7 Å². The second-order valence-corrected chi connectivity index (χ2v) is 5.78. The number of nitrogens with zero attached hydrogens (tertiary/aromatic N) is 1. The summed E-state index contributed by atoms with van der Waals surface area (Å²) in [6, 6.07) is 4.15. The minimum atomic E-state index is 0.288. The van der Waals surface area contributed by atoms with Gasteiger partial charge in [0.2, 0.25) is 0 Å². The van der Waals surface area contributed by atoms with E-state index < -0.39 is 0 Å². The van der Waals surface area contributed by atoms with Crippen molar-refractivity contribution in [1.82, 2.24) is 4.98 Å². The van der Waals surface area contributed by atoms with Crippen molar-refractivity contribution in [3.8, 4) is 0 Å². The first-order valence-electron chi connectivity index (χ1n) is 5.66. The molecule has 0 aliphatic heterocycles. The average molecular weight is 268 g/mol. The molecule has 2 rings (SSSR count). The Balaban J connectivity index is 1.80. The number of aliphatic hydroxyl groups is 1. The summed E-state index contributed by atoms with van der Waals surface area (Å²) in [6.45, 7) is 1.20. The molecule has 0 atom stereocenters. The molecule has 0 radical (unpaired) electrons. The molecule has 3 nitrogen and oxygen atoms in total. The highest BCUT2D eigenvalue weighted by Crippen LogP contribution is 2.25. The minimum absolute atomic E-state index is 0.288. The number of rotatable bonds is 7. The predicted molar refractivity (Wildman–Crippen MR) is 77.1 cm³/mol. The predicted octanol–water partition coefficient (Wildman–Crippen LogP) is 2.82. The summed E-state index contributed by atoms with van der Waals surface area (Å²) >= 11 is 3.60. The van der Waals surface area contributed by atoms with E-state index in [1.54, 1.807) is 11.3 Å². The molecule has 0 spiro atoms. The number of fused-ring (bicyclic) bond motifs is 1. The summed E-state index contributed by atoms with van der Waals surface area (Å²) in [7, 11) is 0. The van der Waals surface area contributed by atoms with Crippen LogP contribution in [-0.4, -0.2) is 34.7 Å². The van der Waals surface area contributed by atoms with Crippen LogP contribution < -0.4 is 5.32 Å². The van der Waals surface area contributed by atoms with Crippen LogP contribution in [0.3, 0.4) is 0 Å². The van der Waals surface area contributed by atoms with Crippen LogP contribution in [0.1, 0.15) is 6.42 Å². The van der Waals surface area contributed by atoms with Gasteiger partial charge >= 0.3 is 0 Å². The van der Waals surface area contributed by atoms with Gasteiger partial charge in [-0.05, 0) is 29.7 Å². The lowest BCUT2D eigenvalue weighted by Crippen LogP contribution is -2.06. The van der Waals surface area contributed by atoms with Gasteiger partial charge in [0, 0.05) is 35.2 Å². The van der Waals surface area contributed by atoms with E-state index in [0.717, 1.165) is 30.3 Å². The lowest BCUT2D eigenvalue weighted by Gasteiger charge is -2.06. The molecule has 0 fully saturated rings. The Morgan fingerprint density at radius 1 is 1.35 bits per heavy atom. The maximum Gasteiger partial charge on any atom is 0.134 e. The van der Waals surface area contributed by atoms with Gasteiger partial charge in [0.15, 0.2) is 0 Å². The van der Waals surface area contributed by atoms with E-state index in [-0.39, 0.29) is 6.61 Å². The number of pyridine rings is 1. The lowest BCUT2D eigenvalue weighted by atomic mass is 10.3. The van der Waals surface area contributed by atoms with Crippen LogP contribution in [0, 0.1) is 0 Å². The van der Waals surface area contributed by atoms with Gasteiger partial charge in [0.1, 0.15) is 5.82 Å². The average Bonchev–Trinajstić information content (AvgIpc) is 2.82. The number of hydrogen-bond acceptors (Lipinski definition) is 5. The van der Waals surface area contributed by atoms with Crippen LogP contribution in [0.15, 0.2) is 23.7 Å². The molecule has 2 N–H and O–H groups in total. The second kappa shape index (κ2) is 6.83. The largest absolute Gasteiger partial charge is 0.396 e. The molecular formula is C12H16N2OS2. The van der Waals surface area contributed by atoms with Crippen LogP contribution in [-0.2, 0) is 0 Å². The Labute approximate surface area is 109 Å². The monoisotopic (exact) mass is 268 g/mol. The highest BCUT2D eigenvalue weighted by atomic mass is 32.2. The molecule has 2 aromatic rings. The Bertz CT molecular complexity index is 458. The van der Waals surface area contributed by atoms with Crippen molar-refractivity contribution in [3.05, 3.63) is 23.7 Å². The Morgan fingerprint density at radius 2 is 2.29 bits per heavy atom. The second-order valence-electron chi connectivity index (χ2n) is 3.61. The quantitative estimate of drug-likeness (QED) is 0.758. The summed E-state index contributed by atoms with van der Waals surface area (Å²) in [5, 5.41) is 15.3. The van der Waals surface area contributed by atoms with E-state index >= 15 is 0 Å². The first-order chi connectivity index (χ1) is 8.42. The summed E-state index contributed by atoms with van der Waals surface area (Å²) < 4.78 is 1.27. The molecule has 0 amide bonds. The van der Waals surface area contributed by atoms with E-state index in [1.165, 1.54) is 10.1 Å². The van der Waals surface area contributed by atoms with Crippen LogP contribution in [0.4, 0.5) is 5.82 Å². The highest BCUT2D eigenvalue weighted by molar-refractivity contribution is 7.99. The number of thioether (sulfide) groups is 1. The zero-order chi connectivity index (χ0) is 11.9. The molecule has 2 heterocycles. The van der Waals surface area contributed by atoms with E-state index in [4.69, 9.17) is 5.11 Å². The third-order valence-electron chi connectivity index (χ3n) is 2.37. The van der Waals surface area contributed by atoms with Crippen molar-refractivity contribution < 1.29 is 5.11 Å². The first kappa shape index (κ1) is 12.7. The van der Waals surface area contributed by atoms with Crippen LogP contribution in [0.25, 0.3) is 10.1 Å². The molecule has 0 aliphatic rings. The van der Waals surface area contributed by atoms with Crippen LogP contribution >= 0.6 is 23.1 Å². The van der Waals surface area contributed by atoms with Crippen molar-refractivity contribution in [1.29, 1.82) is 0 Å². The number of anilines is 1. The van der Waals surface area contributed by atoms with Gasteiger partial charge in [-0.1, -0.05) is 0 Å². The molecule has 0 saturated heterocycles. The molecule has 92 valence electrons. The standard InChI is InChI=1S/C12H16N2OS2/c15-6-1-7-16-9-5-14-12-10-3-8-17-11(10)2-4-13-12/h2-4,8,15H,1,5-7,9H2,(H,13,14). The number of hydrogen-bond donors (Lipinski definition) is 2. The smallest absolute Gasteiger partial charge is 0.134 e. The number of thiophene rings is 1.